The van der Waals surface area contributed by atoms with Gasteiger partial charge in [-0.15, -0.1) is 11.3 Å². The lowest BCUT2D eigenvalue weighted by atomic mass is 9.93. The zero-order chi connectivity index (χ0) is 17.7. The molecule has 0 spiro atoms. The first-order valence-corrected chi connectivity index (χ1v) is 11.2. The second kappa shape index (κ2) is 12.5. The molecule has 1 aromatic heterocycles. The molecule has 0 radical (unpaired) electrons. The molecule has 1 atom stereocenters. The summed E-state index contributed by atoms with van der Waals surface area (Å²) in [5.74, 6) is 0.396. The van der Waals surface area contributed by atoms with E-state index in [4.69, 9.17) is 11.6 Å². The van der Waals surface area contributed by atoms with E-state index in [1.165, 1.54) is 81.2 Å². The molecule has 138 valence electrons. The molecular formula is C22H32ClNS. The van der Waals surface area contributed by atoms with Crippen LogP contribution in [-0.2, 0) is 0 Å². The van der Waals surface area contributed by atoms with Gasteiger partial charge in [-0.1, -0.05) is 94.9 Å². The fourth-order valence-electron chi connectivity index (χ4n) is 3.40. The van der Waals surface area contributed by atoms with Gasteiger partial charge in [0.25, 0.3) is 0 Å². The van der Waals surface area contributed by atoms with Crippen molar-refractivity contribution >= 4 is 22.9 Å². The normalized spacial score (nSPS) is 12.4. The summed E-state index contributed by atoms with van der Waals surface area (Å²) < 4.78 is 0. The SMILES string of the molecule is CCCCCCCCCCCCC(c1cccc(Cl)c1)c1nccs1. The van der Waals surface area contributed by atoms with Gasteiger partial charge in [-0.2, -0.15) is 0 Å². The van der Waals surface area contributed by atoms with Gasteiger partial charge in [0.15, 0.2) is 0 Å². The molecule has 25 heavy (non-hydrogen) atoms. The minimum Gasteiger partial charge on any atom is -0.249 e. The molecular weight excluding hydrogens is 346 g/mol. The molecule has 1 heterocycles. The molecule has 2 rings (SSSR count). The number of hydrogen-bond acceptors (Lipinski definition) is 2. The number of unbranched alkanes of at least 4 members (excludes halogenated alkanes) is 9. The minimum atomic E-state index is 0.396. The smallest absolute Gasteiger partial charge is 0.0999 e. The average molecular weight is 378 g/mol. The van der Waals surface area contributed by atoms with Crippen LogP contribution < -0.4 is 0 Å². The Bertz CT molecular complexity index is 567. The Morgan fingerprint density at radius 2 is 1.64 bits per heavy atom. The van der Waals surface area contributed by atoms with Gasteiger partial charge in [0.05, 0.1) is 5.01 Å². The van der Waals surface area contributed by atoms with Crippen molar-refractivity contribution in [1.29, 1.82) is 0 Å². The van der Waals surface area contributed by atoms with Crippen molar-refractivity contribution in [3.63, 3.8) is 0 Å². The Hall–Kier alpha value is -0.860. The van der Waals surface area contributed by atoms with Crippen LogP contribution >= 0.6 is 22.9 Å². The molecule has 1 aromatic carbocycles. The number of benzene rings is 1. The first-order valence-electron chi connectivity index (χ1n) is 9.96. The van der Waals surface area contributed by atoms with Crippen molar-refractivity contribution in [2.75, 3.05) is 0 Å². The number of thiazole rings is 1. The summed E-state index contributed by atoms with van der Waals surface area (Å²) in [5, 5.41) is 4.12. The third-order valence-electron chi connectivity index (χ3n) is 4.85. The second-order valence-electron chi connectivity index (χ2n) is 6.95. The quantitative estimate of drug-likeness (QED) is 0.320. The van der Waals surface area contributed by atoms with Gasteiger partial charge >= 0.3 is 0 Å². The molecule has 0 N–H and O–H groups in total. The largest absolute Gasteiger partial charge is 0.249 e. The molecule has 0 bridgehead atoms. The highest BCUT2D eigenvalue weighted by Crippen LogP contribution is 2.32. The van der Waals surface area contributed by atoms with Crippen molar-refractivity contribution in [1.82, 2.24) is 4.98 Å². The maximum Gasteiger partial charge on any atom is 0.0999 e. The Labute approximate surface area is 162 Å². The van der Waals surface area contributed by atoms with Gasteiger partial charge < -0.3 is 0 Å². The topological polar surface area (TPSA) is 12.9 Å². The van der Waals surface area contributed by atoms with E-state index in [1.54, 1.807) is 11.3 Å². The Balaban J connectivity index is 1.69. The molecule has 0 saturated heterocycles. The zero-order valence-electron chi connectivity index (χ0n) is 15.6. The van der Waals surface area contributed by atoms with Crippen molar-refractivity contribution in [2.24, 2.45) is 0 Å². The van der Waals surface area contributed by atoms with E-state index in [9.17, 15) is 0 Å². The lowest BCUT2D eigenvalue weighted by Gasteiger charge is -2.15. The van der Waals surface area contributed by atoms with Crippen LogP contribution in [0.5, 0.6) is 0 Å². The minimum absolute atomic E-state index is 0.396. The Morgan fingerprint density at radius 3 is 2.24 bits per heavy atom. The summed E-state index contributed by atoms with van der Waals surface area (Å²) in [6.45, 7) is 2.28. The van der Waals surface area contributed by atoms with Gasteiger partial charge in [0.1, 0.15) is 0 Å². The molecule has 0 aliphatic rings. The van der Waals surface area contributed by atoms with Crippen molar-refractivity contribution < 1.29 is 0 Å². The highest BCUT2D eigenvalue weighted by Gasteiger charge is 2.16. The van der Waals surface area contributed by atoms with E-state index in [0.717, 1.165) is 5.02 Å². The first kappa shape index (κ1) is 20.5. The summed E-state index contributed by atoms with van der Waals surface area (Å²) in [6.07, 6.45) is 16.9. The van der Waals surface area contributed by atoms with Gasteiger partial charge in [-0.05, 0) is 24.1 Å². The highest BCUT2D eigenvalue weighted by atomic mass is 35.5. The first-order chi connectivity index (χ1) is 12.3. The van der Waals surface area contributed by atoms with E-state index in [0.29, 0.717) is 5.92 Å². The standard InChI is InChI=1S/C22H32ClNS/c1-2-3-4-5-6-7-8-9-10-11-15-21(22-24-16-17-25-22)19-13-12-14-20(23)18-19/h12-14,16-18,21H,2-11,15H2,1H3. The number of hydrogen-bond donors (Lipinski definition) is 0. The van der Waals surface area contributed by atoms with Crippen molar-refractivity contribution in [3.05, 3.63) is 51.4 Å². The van der Waals surface area contributed by atoms with Gasteiger partial charge in [-0.25, -0.2) is 4.98 Å². The van der Waals surface area contributed by atoms with Crippen LogP contribution in [0.1, 0.15) is 94.0 Å². The van der Waals surface area contributed by atoms with Gasteiger partial charge in [-0.3, -0.25) is 0 Å². The van der Waals surface area contributed by atoms with E-state index >= 15 is 0 Å². The molecule has 1 unspecified atom stereocenters. The summed E-state index contributed by atoms with van der Waals surface area (Å²) in [5.41, 5.74) is 1.30. The van der Waals surface area contributed by atoms with E-state index < -0.39 is 0 Å². The van der Waals surface area contributed by atoms with E-state index in [-0.39, 0.29) is 0 Å². The molecule has 2 aromatic rings. The second-order valence-corrected chi connectivity index (χ2v) is 8.31. The molecule has 3 heteroatoms. The predicted octanol–water partition coefficient (Wildman–Crippen LogP) is 8.24. The lowest BCUT2D eigenvalue weighted by molar-refractivity contribution is 0.540. The third kappa shape index (κ3) is 7.92. The summed E-state index contributed by atoms with van der Waals surface area (Å²) >= 11 is 7.96. The monoisotopic (exact) mass is 377 g/mol. The highest BCUT2D eigenvalue weighted by molar-refractivity contribution is 7.09. The lowest BCUT2D eigenvalue weighted by Crippen LogP contribution is -2.01. The maximum atomic E-state index is 6.20. The van der Waals surface area contributed by atoms with Gasteiger partial charge in [0.2, 0.25) is 0 Å². The Morgan fingerprint density at radius 1 is 0.960 bits per heavy atom. The fraction of sp³-hybridized carbons (Fsp3) is 0.591. The van der Waals surface area contributed by atoms with Crippen LogP contribution in [-0.4, -0.2) is 4.98 Å². The summed E-state index contributed by atoms with van der Waals surface area (Å²) in [4.78, 5) is 4.56. The zero-order valence-corrected chi connectivity index (χ0v) is 17.1. The molecule has 0 saturated carbocycles. The predicted molar refractivity (Wildman–Crippen MR) is 112 cm³/mol. The van der Waals surface area contributed by atoms with Crippen LogP contribution in [0.3, 0.4) is 0 Å². The maximum absolute atomic E-state index is 6.20. The number of halogens is 1. The van der Waals surface area contributed by atoms with Gasteiger partial charge in [0, 0.05) is 22.5 Å². The Kier molecular flexibility index (Phi) is 10.2. The fourth-order valence-corrected chi connectivity index (χ4v) is 4.40. The summed E-state index contributed by atoms with van der Waals surface area (Å²) in [6, 6.07) is 8.29. The number of nitrogens with zero attached hydrogens (tertiary/aromatic N) is 1. The van der Waals surface area contributed by atoms with Crippen molar-refractivity contribution in [3.8, 4) is 0 Å². The third-order valence-corrected chi connectivity index (χ3v) is 5.97. The average Bonchev–Trinajstić information content (AvgIpc) is 3.14. The van der Waals surface area contributed by atoms with E-state index in [2.05, 4.69) is 35.5 Å². The van der Waals surface area contributed by atoms with Crippen LogP contribution in [0.2, 0.25) is 5.02 Å². The number of aromatic nitrogens is 1. The molecule has 0 aliphatic carbocycles. The van der Waals surface area contributed by atoms with Crippen LogP contribution in [0.15, 0.2) is 35.8 Å². The number of rotatable bonds is 13. The van der Waals surface area contributed by atoms with Crippen molar-refractivity contribution in [2.45, 2.75) is 83.5 Å². The van der Waals surface area contributed by atoms with Crippen LogP contribution in [0, 0.1) is 0 Å². The molecule has 0 aliphatic heterocycles. The molecule has 1 nitrogen and oxygen atoms in total. The molecule has 0 amide bonds. The van der Waals surface area contributed by atoms with Crippen LogP contribution in [0.4, 0.5) is 0 Å². The summed E-state index contributed by atoms with van der Waals surface area (Å²) in [7, 11) is 0. The van der Waals surface area contributed by atoms with E-state index in [1.807, 2.05) is 12.3 Å². The molecule has 0 fully saturated rings. The van der Waals surface area contributed by atoms with Crippen LogP contribution in [0.25, 0.3) is 0 Å².